The molecule has 0 radical (unpaired) electrons. The van der Waals surface area contributed by atoms with Crippen molar-refractivity contribution in [2.24, 2.45) is 5.92 Å². The maximum Gasteiger partial charge on any atom is 0.410 e. The molecule has 3 heterocycles. The number of piperazine rings is 1. The number of nitrogens with one attached hydrogen (secondary N) is 1. The van der Waals surface area contributed by atoms with Gasteiger partial charge in [-0.25, -0.2) is 9.78 Å². The number of nitriles is 1. The first kappa shape index (κ1) is 20.6. The summed E-state index contributed by atoms with van der Waals surface area (Å²) in [6.45, 7) is 9.40. The molecule has 5 rings (SSSR count). The Bertz CT molecular complexity index is 923. The zero-order chi connectivity index (χ0) is 21.8. The van der Waals surface area contributed by atoms with Crippen LogP contribution in [0.1, 0.15) is 74.8 Å². The molecular formula is C24H33N5O2. The first-order chi connectivity index (χ1) is 14.8. The lowest BCUT2D eigenvalue weighted by atomic mass is 9.92. The normalized spacial score (nSPS) is 23.9. The molecule has 1 amide bonds. The third-order valence-electron chi connectivity index (χ3n) is 6.83. The number of carbonyl (C=O) groups excluding carboxylic acids is 1. The Balaban J connectivity index is 1.49. The molecule has 2 saturated carbocycles. The summed E-state index contributed by atoms with van der Waals surface area (Å²) in [5, 5.41) is 13.8. The Kier molecular flexibility index (Phi) is 5.09. The van der Waals surface area contributed by atoms with Gasteiger partial charge < -0.3 is 19.9 Å². The monoisotopic (exact) mass is 423 g/mol. The van der Waals surface area contributed by atoms with Crippen molar-refractivity contribution >= 4 is 11.9 Å². The lowest BCUT2D eigenvalue weighted by molar-refractivity contribution is 0.0223. The van der Waals surface area contributed by atoms with Crippen molar-refractivity contribution in [2.45, 2.75) is 77.0 Å². The molecule has 0 aromatic carbocycles. The fraction of sp³-hybridized carbons (Fsp3) is 0.708. The fourth-order valence-corrected chi connectivity index (χ4v) is 4.96. The number of pyridine rings is 1. The van der Waals surface area contributed by atoms with Crippen molar-refractivity contribution < 1.29 is 9.53 Å². The second kappa shape index (κ2) is 7.67. The van der Waals surface area contributed by atoms with Crippen molar-refractivity contribution in [3.63, 3.8) is 0 Å². The van der Waals surface area contributed by atoms with Crippen LogP contribution in [0.15, 0.2) is 0 Å². The predicted molar refractivity (Wildman–Crippen MR) is 118 cm³/mol. The number of hydrogen-bond donors (Lipinski definition) is 1. The topological polar surface area (TPSA) is 81.5 Å². The van der Waals surface area contributed by atoms with Gasteiger partial charge in [-0.05, 0) is 69.9 Å². The number of nitrogens with zero attached hydrogens (tertiary/aromatic N) is 4. The van der Waals surface area contributed by atoms with E-state index in [0.717, 1.165) is 43.4 Å². The Labute approximate surface area is 184 Å². The molecule has 1 aromatic heterocycles. The van der Waals surface area contributed by atoms with E-state index in [0.29, 0.717) is 30.6 Å². The number of fused-ring (bicyclic) bond motifs is 1. The van der Waals surface area contributed by atoms with E-state index in [-0.39, 0.29) is 6.09 Å². The van der Waals surface area contributed by atoms with Crippen LogP contribution in [0.2, 0.25) is 0 Å². The average Bonchev–Trinajstić information content (AvgIpc) is 3.63. The number of hydrogen-bond acceptors (Lipinski definition) is 6. The minimum absolute atomic E-state index is 0.302. The minimum atomic E-state index is -0.531. The predicted octanol–water partition coefficient (Wildman–Crippen LogP) is 3.31. The lowest BCUT2D eigenvalue weighted by Crippen LogP contribution is -2.52. The zero-order valence-corrected chi connectivity index (χ0v) is 18.9. The van der Waals surface area contributed by atoms with Gasteiger partial charge in [0, 0.05) is 43.8 Å². The van der Waals surface area contributed by atoms with Gasteiger partial charge in [-0.1, -0.05) is 0 Å². The highest BCUT2D eigenvalue weighted by Gasteiger charge is 2.38. The van der Waals surface area contributed by atoms with Gasteiger partial charge in [0.1, 0.15) is 17.5 Å². The van der Waals surface area contributed by atoms with Crippen molar-refractivity contribution in [3.05, 3.63) is 22.4 Å². The maximum absolute atomic E-state index is 12.8. The average molecular weight is 424 g/mol. The largest absolute Gasteiger partial charge is 0.444 e. The van der Waals surface area contributed by atoms with Crippen LogP contribution in [-0.4, -0.2) is 53.8 Å². The molecule has 0 spiro atoms. The van der Waals surface area contributed by atoms with Crippen molar-refractivity contribution in [1.29, 1.82) is 5.26 Å². The third kappa shape index (κ3) is 4.23. The summed E-state index contributed by atoms with van der Waals surface area (Å²) in [5.41, 5.74) is 3.50. The maximum atomic E-state index is 12.8. The second-order valence-electron chi connectivity index (χ2n) is 10.5. The number of aromatic nitrogens is 1. The minimum Gasteiger partial charge on any atom is -0.444 e. The number of amides is 1. The summed E-state index contributed by atoms with van der Waals surface area (Å²) in [7, 11) is 0. The van der Waals surface area contributed by atoms with Gasteiger partial charge in [0.15, 0.2) is 0 Å². The zero-order valence-electron chi connectivity index (χ0n) is 18.9. The Hall–Kier alpha value is -2.33. The van der Waals surface area contributed by atoms with E-state index in [1.54, 1.807) is 4.90 Å². The van der Waals surface area contributed by atoms with E-state index >= 15 is 0 Å². The molecule has 0 unspecified atom stereocenters. The van der Waals surface area contributed by atoms with Gasteiger partial charge in [-0.2, -0.15) is 5.26 Å². The van der Waals surface area contributed by atoms with Gasteiger partial charge >= 0.3 is 6.09 Å². The molecule has 1 saturated heterocycles. The second-order valence-corrected chi connectivity index (χ2v) is 10.5. The number of anilines is 1. The lowest BCUT2D eigenvalue weighted by Gasteiger charge is -2.37. The van der Waals surface area contributed by atoms with E-state index < -0.39 is 5.60 Å². The number of carbonyl (C=O) groups is 1. The van der Waals surface area contributed by atoms with Crippen LogP contribution in [0.4, 0.5) is 10.6 Å². The molecule has 4 aliphatic rings. The highest BCUT2D eigenvalue weighted by molar-refractivity contribution is 5.70. The standard InChI is InChI=1S/C24H33N5O2/c1-24(2,3)31-23(30)29-10-8-17-19(13-29)18(12-25)22(27-21(17)16-6-7-16)28-11-9-26-20(14-28)15-4-5-15/h15-16,20,26H,4-11,13-14H2,1-3H3/t20-/m0/s1. The molecule has 1 aromatic rings. The quantitative estimate of drug-likeness (QED) is 0.803. The number of ether oxygens (including phenoxy) is 1. The highest BCUT2D eigenvalue weighted by atomic mass is 16.6. The Morgan fingerprint density at radius 3 is 2.61 bits per heavy atom. The molecule has 7 nitrogen and oxygen atoms in total. The van der Waals surface area contributed by atoms with Crippen molar-refractivity contribution in [1.82, 2.24) is 15.2 Å². The van der Waals surface area contributed by atoms with Gasteiger partial charge in [0.05, 0.1) is 12.1 Å². The highest BCUT2D eigenvalue weighted by Crippen LogP contribution is 2.45. The third-order valence-corrected chi connectivity index (χ3v) is 6.83. The summed E-state index contributed by atoms with van der Waals surface area (Å²) in [4.78, 5) is 21.9. The summed E-state index contributed by atoms with van der Waals surface area (Å²) >= 11 is 0. The molecule has 166 valence electrons. The van der Waals surface area contributed by atoms with Crippen LogP contribution in [0.5, 0.6) is 0 Å². The molecular weight excluding hydrogens is 390 g/mol. The fourth-order valence-electron chi connectivity index (χ4n) is 4.96. The SMILES string of the molecule is CC(C)(C)OC(=O)N1CCc2c(C3CC3)nc(N3CCN[C@H](C4CC4)C3)c(C#N)c2C1. The van der Waals surface area contributed by atoms with E-state index in [9.17, 15) is 10.1 Å². The van der Waals surface area contributed by atoms with Crippen LogP contribution >= 0.6 is 0 Å². The van der Waals surface area contributed by atoms with Crippen LogP contribution in [0.25, 0.3) is 0 Å². The van der Waals surface area contributed by atoms with Gasteiger partial charge in [-0.15, -0.1) is 0 Å². The molecule has 2 aliphatic heterocycles. The van der Waals surface area contributed by atoms with Crippen LogP contribution in [0, 0.1) is 17.2 Å². The smallest absolute Gasteiger partial charge is 0.410 e. The van der Waals surface area contributed by atoms with Crippen LogP contribution in [0.3, 0.4) is 0 Å². The van der Waals surface area contributed by atoms with Crippen LogP contribution in [-0.2, 0) is 17.7 Å². The summed E-state index contributed by atoms with van der Waals surface area (Å²) in [6, 6.07) is 2.96. The molecule has 2 aliphatic carbocycles. The molecule has 3 fully saturated rings. The number of rotatable bonds is 3. The van der Waals surface area contributed by atoms with Crippen molar-refractivity contribution in [3.8, 4) is 6.07 Å². The first-order valence-corrected chi connectivity index (χ1v) is 11.8. The molecule has 7 heteroatoms. The van der Waals surface area contributed by atoms with Gasteiger partial charge in [0.2, 0.25) is 0 Å². The first-order valence-electron chi connectivity index (χ1n) is 11.8. The van der Waals surface area contributed by atoms with Crippen molar-refractivity contribution in [2.75, 3.05) is 31.1 Å². The van der Waals surface area contributed by atoms with E-state index in [1.165, 1.54) is 36.9 Å². The molecule has 1 atom stereocenters. The summed E-state index contributed by atoms with van der Waals surface area (Å²) in [5.74, 6) is 2.10. The van der Waals surface area contributed by atoms with E-state index in [2.05, 4.69) is 16.3 Å². The van der Waals surface area contributed by atoms with Gasteiger partial charge in [-0.3, -0.25) is 0 Å². The van der Waals surface area contributed by atoms with Crippen LogP contribution < -0.4 is 10.2 Å². The Morgan fingerprint density at radius 1 is 1.19 bits per heavy atom. The Morgan fingerprint density at radius 2 is 1.97 bits per heavy atom. The molecule has 1 N–H and O–H groups in total. The molecule has 0 bridgehead atoms. The van der Waals surface area contributed by atoms with E-state index in [4.69, 9.17) is 9.72 Å². The summed E-state index contributed by atoms with van der Waals surface area (Å²) < 4.78 is 5.62. The molecule has 31 heavy (non-hydrogen) atoms. The van der Waals surface area contributed by atoms with Gasteiger partial charge in [0.25, 0.3) is 0 Å². The summed E-state index contributed by atoms with van der Waals surface area (Å²) in [6.07, 6.45) is 5.39. The van der Waals surface area contributed by atoms with E-state index in [1.807, 2.05) is 20.8 Å².